The average molecular weight is 299 g/mol. The molecule has 1 fully saturated rings. The first-order valence-electron chi connectivity index (χ1n) is 7.32. The van der Waals surface area contributed by atoms with Crippen LogP contribution in [0.1, 0.15) is 32.6 Å². The maximum absolute atomic E-state index is 12.6. The number of amides is 1. The molecule has 1 aliphatic heterocycles. The van der Waals surface area contributed by atoms with Gasteiger partial charge in [-0.25, -0.2) is 0 Å². The lowest BCUT2D eigenvalue weighted by molar-refractivity contribution is -0.139. The Kier molecular flexibility index (Phi) is 4.49. The van der Waals surface area contributed by atoms with Crippen LogP contribution in [0.4, 0.5) is 4.39 Å². The quantitative estimate of drug-likeness (QED) is 0.509. The molecule has 0 aromatic rings. The van der Waals surface area contributed by atoms with Gasteiger partial charge < -0.3 is 20.3 Å². The summed E-state index contributed by atoms with van der Waals surface area (Å²) in [5.41, 5.74) is -3.63. The summed E-state index contributed by atoms with van der Waals surface area (Å²) in [6.07, 6.45) is 5.16. The zero-order valence-corrected chi connectivity index (χ0v) is 12.1. The molecule has 2 rings (SSSR count). The number of alkyl halides is 1. The number of hydrogen-bond donors (Lipinski definition) is 3. The predicted molar refractivity (Wildman–Crippen MR) is 74.1 cm³/mol. The van der Waals surface area contributed by atoms with Crippen LogP contribution in [-0.2, 0) is 9.59 Å². The number of aliphatic hydroxyl groups excluding tert-OH is 1. The lowest BCUT2D eigenvalue weighted by Crippen LogP contribution is -2.67. The molecule has 0 unspecified atom stereocenters. The van der Waals surface area contributed by atoms with Crippen molar-refractivity contribution in [3.8, 4) is 0 Å². The van der Waals surface area contributed by atoms with E-state index in [2.05, 4.69) is 5.32 Å². The Morgan fingerprint density at radius 1 is 1.62 bits per heavy atom. The third kappa shape index (κ3) is 2.40. The largest absolute Gasteiger partial charge is 0.389 e. The van der Waals surface area contributed by atoms with E-state index in [1.165, 1.54) is 6.92 Å². The first-order valence-corrected chi connectivity index (χ1v) is 7.32. The molecule has 1 saturated heterocycles. The van der Waals surface area contributed by atoms with Gasteiger partial charge in [-0.15, -0.1) is 0 Å². The number of rotatable bonds is 5. The van der Waals surface area contributed by atoms with Gasteiger partial charge in [-0.1, -0.05) is 12.2 Å². The van der Waals surface area contributed by atoms with Gasteiger partial charge in [0, 0.05) is 5.92 Å². The van der Waals surface area contributed by atoms with E-state index >= 15 is 0 Å². The highest BCUT2D eigenvalue weighted by atomic mass is 19.1. The molecular formula is C15H22FNO4. The van der Waals surface area contributed by atoms with Gasteiger partial charge in [-0.2, -0.15) is 0 Å². The van der Waals surface area contributed by atoms with Crippen LogP contribution in [0.5, 0.6) is 0 Å². The van der Waals surface area contributed by atoms with Crippen LogP contribution < -0.4 is 5.32 Å². The van der Waals surface area contributed by atoms with E-state index in [1.807, 2.05) is 12.2 Å². The van der Waals surface area contributed by atoms with E-state index < -0.39 is 35.7 Å². The minimum Gasteiger partial charge on any atom is -0.389 e. The molecule has 1 heterocycles. The molecule has 6 heteroatoms. The molecule has 21 heavy (non-hydrogen) atoms. The number of carbonyl (C=O) groups excluding carboxylic acids is 2. The Hall–Kier alpha value is -1.27. The second kappa shape index (κ2) is 5.85. The zero-order chi connectivity index (χ0) is 15.7. The van der Waals surface area contributed by atoms with Crippen molar-refractivity contribution in [3.05, 3.63) is 12.2 Å². The topological polar surface area (TPSA) is 86.6 Å². The standard InChI is InChI=1S/C15H22FNO4/c1-14(21)11(7-8-16)13(20)17-15(14,9-18)12(19)10-5-3-2-4-6-10/h3,5,9-12,19,21H,2,4,6-8H2,1H3,(H,17,20)/t10-,11+,12+,14+,15-/m1/s1. The van der Waals surface area contributed by atoms with Crippen LogP contribution in [0, 0.1) is 11.8 Å². The number of allylic oxidation sites excluding steroid dienone is 1. The molecule has 0 saturated carbocycles. The molecule has 1 aliphatic carbocycles. The molecule has 3 N–H and O–H groups in total. The minimum absolute atomic E-state index is 0.179. The number of nitrogens with one attached hydrogen (secondary N) is 1. The molecule has 1 amide bonds. The third-order valence-electron chi connectivity index (χ3n) is 4.91. The van der Waals surface area contributed by atoms with Crippen molar-refractivity contribution in [3.63, 3.8) is 0 Å². The van der Waals surface area contributed by atoms with E-state index in [0.717, 1.165) is 12.8 Å². The van der Waals surface area contributed by atoms with E-state index in [9.17, 15) is 24.2 Å². The molecule has 118 valence electrons. The molecule has 2 aliphatic rings. The zero-order valence-electron chi connectivity index (χ0n) is 12.1. The van der Waals surface area contributed by atoms with E-state index in [4.69, 9.17) is 0 Å². The summed E-state index contributed by atoms with van der Waals surface area (Å²) in [7, 11) is 0. The first-order chi connectivity index (χ1) is 9.90. The molecule has 0 aromatic carbocycles. The van der Waals surface area contributed by atoms with Gasteiger partial charge in [0.05, 0.1) is 18.7 Å². The number of aliphatic hydroxyl groups is 2. The first kappa shape index (κ1) is 16.1. The van der Waals surface area contributed by atoms with Crippen LogP contribution in [0.15, 0.2) is 12.2 Å². The Bertz CT molecular complexity index is 451. The van der Waals surface area contributed by atoms with Gasteiger partial charge in [-0.05, 0) is 32.6 Å². The molecule has 0 radical (unpaired) electrons. The van der Waals surface area contributed by atoms with Crippen molar-refractivity contribution < 1.29 is 24.2 Å². The summed E-state index contributed by atoms with van der Waals surface area (Å²) in [5, 5.41) is 23.7. The molecular weight excluding hydrogens is 277 g/mol. The highest BCUT2D eigenvalue weighted by Crippen LogP contribution is 2.42. The summed E-state index contributed by atoms with van der Waals surface area (Å²) in [4.78, 5) is 23.7. The molecule has 0 bridgehead atoms. The Labute approximate surface area is 123 Å². The Balaban J connectivity index is 2.36. The van der Waals surface area contributed by atoms with E-state index in [1.54, 1.807) is 0 Å². The fourth-order valence-corrected chi connectivity index (χ4v) is 3.51. The van der Waals surface area contributed by atoms with Crippen LogP contribution in [0.3, 0.4) is 0 Å². The van der Waals surface area contributed by atoms with Gasteiger partial charge in [0.25, 0.3) is 0 Å². The summed E-state index contributed by atoms with van der Waals surface area (Å²) in [6, 6.07) is 0. The van der Waals surface area contributed by atoms with Crippen LogP contribution in [-0.4, -0.2) is 46.3 Å². The molecule has 5 nitrogen and oxygen atoms in total. The van der Waals surface area contributed by atoms with Crippen LogP contribution in [0.25, 0.3) is 0 Å². The van der Waals surface area contributed by atoms with Crippen molar-refractivity contribution in [1.82, 2.24) is 5.32 Å². The SMILES string of the molecule is C[C@]1(O)[C@@H](CCF)C(=O)N[C@]1(C=O)[C@@H](O)[C@@H]1C=CCCC1. The highest BCUT2D eigenvalue weighted by molar-refractivity contribution is 5.91. The number of halogens is 1. The fourth-order valence-electron chi connectivity index (χ4n) is 3.51. The monoisotopic (exact) mass is 299 g/mol. The van der Waals surface area contributed by atoms with Gasteiger partial charge >= 0.3 is 0 Å². The van der Waals surface area contributed by atoms with Crippen LogP contribution in [0.2, 0.25) is 0 Å². The smallest absolute Gasteiger partial charge is 0.227 e. The molecule has 5 atom stereocenters. The third-order valence-corrected chi connectivity index (χ3v) is 4.91. The minimum atomic E-state index is -1.83. The van der Waals surface area contributed by atoms with E-state index in [0.29, 0.717) is 12.7 Å². The summed E-state index contributed by atoms with van der Waals surface area (Å²) in [5.74, 6) is -1.96. The van der Waals surface area contributed by atoms with Gasteiger partial charge in [0.1, 0.15) is 5.60 Å². The normalized spacial score (nSPS) is 40.9. The second-order valence-corrected chi connectivity index (χ2v) is 6.12. The lowest BCUT2D eigenvalue weighted by Gasteiger charge is -2.42. The number of carbonyl (C=O) groups is 2. The highest BCUT2D eigenvalue weighted by Gasteiger charge is 2.65. The van der Waals surface area contributed by atoms with Crippen molar-refractivity contribution in [2.24, 2.45) is 11.8 Å². The number of aldehydes is 1. The number of hydrogen-bond acceptors (Lipinski definition) is 4. The van der Waals surface area contributed by atoms with Crippen molar-refractivity contribution >= 4 is 12.2 Å². The fraction of sp³-hybridized carbons (Fsp3) is 0.733. The van der Waals surface area contributed by atoms with Crippen LogP contribution >= 0.6 is 0 Å². The summed E-state index contributed by atoms with van der Waals surface area (Å²) >= 11 is 0. The van der Waals surface area contributed by atoms with Crippen molar-refractivity contribution in [1.29, 1.82) is 0 Å². The Morgan fingerprint density at radius 3 is 2.86 bits per heavy atom. The van der Waals surface area contributed by atoms with Crippen molar-refractivity contribution in [2.75, 3.05) is 6.67 Å². The van der Waals surface area contributed by atoms with E-state index in [-0.39, 0.29) is 12.3 Å². The predicted octanol–water partition coefficient (Wildman–Crippen LogP) is 0.498. The second-order valence-electron chi connectivity index (χ2n) is 6.12. The summed E-state index contributed by atoms with van der Waals surface area (Å²) in [6.45, 7) is 0.540. The summed E-state index contributed by atoms with van der Waals surface area (Å²) < 4.78 is 12.6. The van der Waals surface area contributed by atoms with Gasteiger partial charge in [0.15, 0.2) is 11.8 Å². The maximum Gasteiger partial charge on any atom is 0.227 e. The van der Waals surface area contributed by atoms with Crippen molar-refractivity contribution in [2.45, 2.75) is 49.9 Å². The van der Waals surface area contributed by atoms with Gasteiger partial charge in [-0.3, -0.25) is 9.18 Å². The maximum atomic E-state index is 12.6. The molecule has 0 aromatic heterocycles. The molecule has 0 spiro atoms. The van der Waals surface area contributed by atoms with Gasteiger partial charge in [0.2, 0.25) is 5.91 Å². The Morgan fingerprint density at radius 2 is 2.33 bits per heavy atom. The average Bonchev–Trinajstić information content (AvgIpc) is 2.68. The lowest BCUT2D eigenvalue weighted by atomic mass is 9.69.